The highest BCUT2D eigenvalue weighted by molar-refractivity contribution is 7.91. The molecule has 0 aromatic heterocycles. The van der Waals surface area contributed by atoms with Gasteiger partial charge in [0.05, 0.1) is 11.5 Å². The normalized spacial score (nSPS) is 14.9. The van der Waals surface area contributed by atoms with E-state index in [1.165, 1.54) is 11.1 Å². The lowest BCUT2D eigenvalue weighted by atomic mass is 10.0. The summed E-state index contributed by atoms with van der Waals surface area (Å²) in [6, 6.07) is 6.08. The van der Waals surface area contributed by atoms with Crippen molar-refractivity contribution < 1.29 is 8.42 Å². The molecule has 1 rings (SSSR count). The van der Waals surface area contributed by atoms with E-state index >= 15 is 0 Å². The number of hydrogen-bond donors (Lipinski definition) is 1. The van der Waals surface area contributed by atoms with Gasteiger partial charge in [-0.3, -0.25) is 0 Å². The molecule has 0 amide bonds. The first kappa shape index (κ1) is 18.2. The first-order chi connectivity index (χ1) is 9.79. The molecule has 21 heavy (non-hydrogen) atoms. The Morgan fingerprint density at radius 3 is 2.29 bits per heavy atom. The van der Waals surface area contributed by atoms with Crippen LogP contribution in [-0.2, 0) is 9.84 Å². The van der Waals surface area contributed by atoms with Gasteiger partial charge in [-0.1, -0.05) is 45.4 Å². The first-order valence-corrected chi connectivity index (χ1v) is 9.62. The molecule has 2 atom stereocenters. The fourth-order valence-corrected chi connectivity index (χ4v) is 4.43. The molecule has 0 fully saturated rings. The smallest absolute Gasteiger partial charge is 0.152 e. The SMILES string of the molecule is CCNC(CS(=O)(=O)CC(C)CC)c1ccc(C)c(C)c1. The second-order valence-electron chi connectivity index (χ2n) is 6.04. The minimum Gasteiger partial charge on any atom is -0.309 e. The molecule has 1 N–H and O–H groups in total. The molecule has 0 aliphatic carbocycles. The van der Waals surface area contributed by atoms with E-state index in [0.717, 1.165) is 18.5 Å². The topological polar surface area (TPSA) is 46.2 Å². The zero-order chi connectivity index (χ0) is 16.0. The highest BCUT2D eigenvalue weighted by atomic mass is 32.2. The second-order valence-corrected chi connectivity index (χ2v) is 8.20. The molecule has 0 saturated heterocycles. The van der Waals surface area contributed by atoms with E-state index in [4.69, 9.17) is 0 Å². The summed E-state index contributed by atoms with van der Waals surface area (Å²) in [4.78, 5) is 0. The number of benzene rings is 1. The van der Waals surface area contributed by atoms with E-state index in [0.29, 0.717) is 0 Å². The summed E-state index contributed by atoms with van der Waals surface area (Å²) < 4.78 is 24.7. The molecule has 1 aromatic rings. The summed E-state index contributed by atoms with van der Waals surface area (Å²) >= 11 is 0. The van der Waals surface area contributed by atoms with E-state index in [1.54, 1.807) is 0 Å². The number of hydrogen-bond acceptors (Lipinski definition) is 3. The zero-order valence-electron chi connectivity index (χ0n) is 13.9. The molecule has 0 spiro atoms. The van der Waals surface area contributed by atoms with Crippen molar-refractivity contribution in [1.82, 2.24) is 5.32 Å². The lowest BCUT2D eigenvalue weighted by Crippen LogP contribution is -2.30. The molecule has 0 bridgehead atoms. The molecule has 1 aromatic carbocycles. The van der Waals surface area contributed by atoms with Crippen molar-refractivity contribution in [3.05, 3.63) is 34.9 Å². The van der Waals surface area contributed by atoms with Crippen molar-refractivity contribution in [1.29, 1.82) is 0 Å². The van der Waals surface area contributed by atoms with E-state index in [2.05, 4.69) is 31.3 Å². The van der Waals surface area contributed by atoms with Crippen LogP contribution in [0.15, 0.2) is 18.2 Å². The van der Waals surface area contributed by atoms with Gasteiger partial charge in [0.1, 0.15) is 0 Å². The second kappa shape index (κ2) is 7.95. The van der Waals surface area contributed by atoms with Crippen molar-refractivity contribution in [3.63, 3.8) is 0 Å². The number of sulfone groups is 1. The van der Waals surface area contributed by atoms with Crippen LogP contribution in [0.3, 0.4) is 0 Å². The minimum atomic E-state index is -3.05. The van der Waals surface area contributed by atoms with Gasteiger partial charge >= 0.3 is 0 Å². The van der Waals surface area contributed by atoms with Crippen LogP contribution in [0.2, 0.25) is 0 Å². The van der Waals surface area contributed by atoms with E-state index in [9.17, 15) is 8.42 Å². The Balaban J connectivity index is 2.94. The molecule has 0 heterocycles. The molecule has 0 radical (unpaired) electrons. The third-order valence-corrected chi connectivity index (χ3v) is 5.96. The summed E-state index contributed by atoms with van der Waals surface area (Å²) in [5.74, 6) is 0.668. The van der Waals surface area contributed by atoms with Crippen molar-refractivity contribution in [2.75, 3.05) is 18.1 Å². The highest BCUT2D eigenvalue weighted by Gasteiger charge is 2.22. The third-order valence-electron chi connectivity index (χ3n) is 4.04. The fraction of sp³-hybridized carbons (Fsp3) is 0.647. The number of aryl methyl sites for hydroxylation is 2. The third kappa shape index (κ3) is 5.79. The standard InChI is InChI=1S/C17H29NO2S/c1-6-13(3)11-21(19,20)12-17(18-7-2)16-9-8-14(4)15(5)10-16/h8-10,13,17-18H,6-7,11-12H2,1-5H3. The van der Waals surface area contributed by atoms with Gasteiger partial charge in [0.2, 0.25) is 0 Å². The van der Waals surface area contributed by atoms with Gasteiger partial charge in [-0.25, -0.2) is 8.42 Å². The summed E-state index contributed by atoms with van der Waals surface area (Å²) in [5, 5.41) is 3.31. The molecule has 0 saturated carbocycles. The largest absolute Gasteiger partial charge is 0.309 e. The van der Waals surface area contributed by atoms with Crippen LogP contribution in [0.25, 0.3) is 0 Å². The summed E-state index contributed by atoms with van der Waals surface area (Å²) in [7, 11) is -3.05. The van der Waals surface area contributed by atoms with E-state index < -0.39 is 9.84 Å². The maximum absolute atomic E-state index is 12.4. The molecule has 0 aliphatic heterocycles. The number of rotatable bonds is 8. The zero-order valence-corrected chi connectivity index (χ0v) is 14.8. The quantitative estimate of drug-likeness (QED) is 0.800. The van der Waals surface area contributed by atoms with Crippen LogP contribution in [0.4, 0.5) is 0 Å². The summed E-state index contributed by atoms with van der Waals surface area (Å²) in [6.07, 6.45) is 0.898. The molecular weight excluding hydrogens is 282 g/mol. The Kier molecular flexibility index (Phi) is 6.88. The Morgan fingerprint density at radius 2 is 1.76 bits per heavy atom. The Labute approximate surface area is 130 Å². The summed E-state index contributed by atoms with van der Waals surface area (Å²) in [6.45, 7) is 10.9. The van der Waals surface area contributed by atoms with Crippen LogP contribution in [0.1, 0.15) is 49.9 Å². The molecule has 3 nitrogen and oxygen atoms in total. The Hall–Kier alpha value is -0.870. The van der Waals surface area contributed by atoms with Gasteiger partial charge in [-0.2, -0.15) is 0 Å². The van der Waals surface area contributed by atoms with Gasteiger partial charge in [-0.15, -0.1) is 0 Å². The fourth-order valence-electron chi connectivity index (χ4n) is 2.37. The molecule has 0 aliphatic rings. The Morgan fingerprint density at radius 1 is 1.10 bits per heavy atom. The first-order valence-electron chi connectivity index (χ1n) is 7.80. The van der Waals surface area contributed by atoms with E-state index in [-0.39, 0.29) is 23.5 Å². The van der Waals surface area contributed by atoms with Gasteiger partial charge in [0.25, 0.3) is 0 Å². The average molecular weight is 311 g/mol. The minimum absolute atomic E-state index is 0.122. The van der Waals surface area contributed by atoms with Crippen molar-refractivity contribution in [3.8, 4) is 0 Å². The van der Waals surface area contributed by atoms with Crippen LogP contribution < -0.4 is 5.32 Å². The predicted octanol–water partition coefficient (Wildman–Crippen LogP) is 3.41. The Bertz CT molecular complexity index is 552. The lowest BCUT2D eigenvalue weighted by Gasteiger charge is -2.20. The average Bonchev–Trinajstić information content (AvgIpc) is 2.40. The molecule has 120 valence electrons. The van der Waals surface area contributed by atoms with Crippen LogP contribution >= 0.6 is 0 Å². The monoisotopic (exact) mass is 311 g/mol. The predicted molar refractivity (Wildman–Crippen MR) is 90.4 cm³/mol. The lowest BCUT2D eigenvalue weighted by molar-refractivity contribution is 0.541. The van der Waals surface area contributed by atoms with Crippen LogP contribution in [-0.4, -0.2) is 26.5 Å². The van der Waals surface area contributed by atoms with Crippen molar-refractivity contribution in [2.24, 2.45) is 5.92 Å². The molecular formula is C17H29NO2S. The molecule has 2 unspecified atom stereocenters. The maximum Gasteiger partial charge on any atom is 0.152 e. The maximum atomic E-state index is 12.4. The van der Waals surface area contributed by atoms with Crippen molar-refractivity contribution >= 4 is 9.84 Å². The van der Waals surface area contributed by atoms with Gasteiger partial charge in [0.15, 0.2) is 9.84 Å². The molecule has 4 heteroatoms. The van der Waals surface area contributed by atoms with Crippen LogP contribution in [0.5, 0.6) is 0 Å². The summed E-state index contributed by atoms with van der Waals surface area (Å²) in [5.41, 5.74) is 3.50. The van der Waals surface area contributed by atoms with E-state index in [1.807, 2.05) is 26.8 Å². The van der Waals surface area contributed by atoms with Gasteiger partial charge < -0.3 is 5.32 Å². The van der Waals surface area contributed by atoms with Gasteiger partial charge in [-0.05, 0) is 43.0 Å². The van der Waals surface area contributed by atoms with Gasteiger partial charge in [0, 0.05) is 6.04 Å². The van der Waals surface area contributed by atoms with Crippen LogP contribution in [0, 0.1) is 19.8 Å². The number of nitrogens with one attached hydrogen (secondary N) is 1. The van der Waals surface area contributed by atoms with Crippen molar-refractivity contribution in [2.45, 2.75) is 47.1 Å². The highest BCUT2D eigenvalue weighted by Crippen LogP contribution is 2.20.